The number of allylic oxidation sites excluding steroid dienone is 1. The Morgan fingerprint density at radius 2 is 1.65 bits per heavy atom. The number of ether oxygens (including phenoxy) is 3. The van der Waals surface area contributed by atoms with Crippen LogP contribution in [0.4, 0.5) is 0 Å². The highest BCUT2D eigenvalue weighted by molar-refractivity contribution is 6.35. The summed E-state index contributed by atoms with van der Waals surface area (Å²) in [7, 11) is 0. The molecule has 5 aromatic rings. The average Bonchev–Trinajstić information content (AvgIpc) is 3.00. The van der Waals surface area contributed by atoms with Gasteiger partial charge in [0.05, 0.1) is 12.3 Å². The molecule has 1 atom stereocenters. The molecule has 0 aromatic heterocycles. The summed E-state index contributed by atoms with van der Waals surface area (Å²) >= 11 is 12.2. The summed E-state index contributed by atoms with van der Waals surface area (Å²) < 4.78 is 17.4. The number of esters is 1. The van der Waals surface area contributed by atoms with E-state index in [0.29, 0.717) is 27.3 Å². The molecule has 1 unspecified atom stereocenters. The Morgan fingerprint density at radius 1 is 0.884 bits per heavy atom. The zero-order valence-electron chi connectivity index (χ0n) is 22.7. The fraction of sp³-hybridized carbons (Fsp3) is 0.0857. The van der Waals surface area contributed by atoms with Crippen LogP contribution >= 0.6 is 23.2 Å². The molecule has 0 bridgehead atoms. The highest BCUT2D eigenvalue weighted by Gasteiger charge is 2.31. The van der Waals surface area contributed by atoms with Gasteiger partial charge < -0.3 is 19.9 Å². The van der Waals surface area contributed by atoms with Crippen molar-refractivity contribution in [1.29, 1.82) is 5.26 Å². The molecule has 43 heavy (non-hydrogen) atoms. The predicted octanol–water partition coefficient (Wildman–Crippen LogP) is 8.09. The maximum atomic E-state index is 12.9. The molecular weight excluding hydrogens is 583 g/mol. The minimum absolute atomic E-state index is 0.00283. The molecule has 6 rings (SSSR count). The standard InChI is InChI=1S/C35H24Cl2N2O4/c36-25-11-8-24(31(37)17-25)20-41-26-12-9-22(10-13-26)34-29-15-14-27(18-32(29)43-35(39)30(34)19-38)42-33(40)16-23-6-3-5-21-4-1-2-7-28(21)23/h1-15,17-18,34H,16,20,39H2. The third kappa shape index (κ3) is 6.00. The summed E-state index contributed by atoms with van der Waals surface area (Å²) in [6, 6.07) is 33.7. The second-order valence-corrected chi connectivity index (χ2v) is 10.9. The van der Waals surface area contributed by atoms with Crippen LogP contribution in [-0.4, -0.2) is 5.97 Å². The molecule has 0 saturated carbocycles. The summed E-state index contributed by atoms with van der Waals surface area (Å²) in [5.74, 6) is 0.479. The SMILES string of the molecule is N#CC1=C(N)Oc2cc(OC(=O)Cc3cccc4ccccc34)ccc2C1c1ccc(OCc2ccc(Cl)cc2Cl)cc1. The first-order chi connectivity index (χ1) is 20.9. The maximum Gasteiger partial charge on any atom is 0.315 e. The van der Waals surface area contributed by atoms with Crippen LogP contribution < -0.4 is 19.9 Å². The number of benzene rings is 5. The van der Waals surface area contributed by atoms with Crippen molar-refractivity contribution >= 4 is 39.9 Å². The van der Waals surface area contributed by atoms with E-state index in [1.165, 1.54) is 0 Å². The van der Waals surface area contributed by atoms with Gasteiger partial charge in [-0.15, -0.1) is 0 Å². The second-order valence-electron chi connectivity index (χ2n) is 10.0. The second kappa shape index (κ2) is 12.1. The van der Waals surface area contributed by atoms with E-state index >= 15 is 0 Å². The third-order valence-corrected chi connectivity index (χ3v) is 7.85. The summed E-state index contributed by atoms with van der Waals surface area (Å²) in [4.78, 5) is 12.9. The molecule has 6 nitrogen and oxygen atoms in total. The van der Waals surface area contributed by atoms with Crippen molar-refractivity contribution in [3.05, 3.63) is 147 Å². The molecule has 1 aliphatic heterocycles. The number of fused-ring (bicyclic) bond motifs is 2. The van der Waals surface area contributed by atoms with Crippen molar-refractivity contribution in [1.82, 2.24) is 0 Å². The van der Waals surface area contributed by atoms with E-state index in [9.17, 15) is 10.1 Å². The minimum Gasteiger partial charge on any atom is -0.489 e. The number of carbonyl (C=O) groups excluding carboxylic acids is 1. The number of nitrogens with zero attached hydrogens (tertiary/aromatic N) is 1. The van der Waals surface area contributed by atoms with Gasteiger partial charge in [-0.05, 0) is 52.2 Å². The van der Waals surface area contributed by atoms with Gasteiger partial charge in [0, 0.05) is 27.2 Å². The molecule has 8 heteroatoms. The van der Waals surface area contributed by atoms with Gasteiger partial charge in [-0.1, -0.05) is 89.9 Å². The highest BCUT2D eigenvalue weighted by atomic mass is 35.5. The number of nitrogens with two attached hydrogens (primary N) is 1. The molecule has 0 radical (unpaired) electrons. The molecule has 2 N–H and O–H groups in total. The van der Waals surface area contributed by atoms with Crippen LogP contribution in [0.1, 0.15) is 28.2 Å². The van der Waals surface area contributed by atoms with E-state index in [4.69, 9.17) is 43.1 Å². The Balaban J connectivity index is 1.20. The van der Waals surface area contributed by atoms with Gasteiger partial charge in [-0.25, -0.2) is 0 Å². The van der Waals surface area contributed by atoms with E-state index in [1.807, 2.05) is 72.8 Å². The quantitative estimate of drug-likeness (QED) is 0.148. The molecule has 212 valence electrons. The molecule has 0 spiro atoms. The fourth-order valence-corrected chi connectivity index (χ4v) is 5.63. The third-order valence-electron chi connectivity index (χ3n) is 7.26. The van der Waals surface area contributed by atoms with E-state index < -0.39 is 11.9 Å². The van der Waals surface area contributed by atoms with Gasteiger partial charge in [0.25, 0.3) is 0 Å². The first kappa shape index (κ1) is 28.2. The summed E-state index contributed by atoms with van der Waals surface area (Å²) in [5.41, 5.74) is 9.71. The summed E-state index contributed by atoms with van der Waals surface area (Å²) in [6.45, 7) is 0.272. The number of halogens is 2. The lowest BCUT2D eigenvalue weighted by molar-refractivity contribution is -0.133. The lowest BCUT2D eigenvalue weighted by atomic mass is 9.83. The predicted molar refractivity (Wildman–Crippen MR) is 166 cm³/mol. The topological polar surface area (TPSA) is 94.6 Å². The molecule has 1 aliphatic rings. The van der Waals surface area contributed by atoms with Crippen molar-refractivity contribution in [2.24, 2.45) is 5.73 Å². The van der Waals surface area contributed by atoms with Crippen molar-refractivity contribution in [3.63, 3.8) is 0 Å². The molecule has 0 aliphatic carbocycles. The average molecular weight is 607 g/mol. The van der Waals surface area contributed by atoms with Crippen LogP contribution in [0.3, 0.4) is 0 Å². The number of hydrogen-bond acceptors (Lipinski definition) is 6. The van der Waals surface area contributed by atoms with Crippen LogP contribution in [0.25, 0.3) is 10.8 Å². The Labute approximate surface area is 258 Å². The first-order valence-electron chi connectivity index (χ1n) is 13.4. The zero-order valence-corrected chi connectivity index (χ0v) is 24.2. The van der Waals surface area contributed by atoms with E-state index in [2.05, 4.69) is 6.07 Å². The normalized spacial score (nSPS) is 14.0. The number of carbonyl (C=O) groups is 1. The largest absolute Gasteiger partial charge is 0.489 e. The Morgan fingerprint density at radius 3 is 2.44 bits per heavy atom. The maximum absolute atomic E-state index is 12.9. The zero-order chi connectivity index (χ0) is 29.9. The molecule has 0 saturated heterocycles. The van der Waals surface area contributed by atoms with Crippen LogP contribution in [0.5, 0.6) is 17.2 Å². The van der Waals surface area contributed by atoms with E-state index in [-0.39, 0.29) is 24.5 Å². The minimum atomic E-state index is -0.478. The van der Waals surface area contributed by atoms with Crippen LogP contribution in [0, 0.1) is 11.3 Å². The van der Waals surface area contributed by atoms with Gasteiger partial charge >= 0.3 is 5.97 Å². The lowest BCUT2D eigenvalue weighted by Crippen LogP contribution is -2.21. The van der Waals surface area contributed by atoms with Gasteiger partial charge in [0.2, 0.25) is 5.88 Å². The van der Waals surface area contributed by atoms with Gasteiger partial charge in [0.1, 0.15) is 35.5 Å². The Hall–Kier alpha value is -4.96. The molecular formula is C35H24Cl2N2O4. The number of rotatable bonds is 7. The lowest BCUT2D eigenvalue weighted by Gasteiger charge is -2.27. The van der Waals surface area contributed by atoms with Gasteiger partial charge in [-0.3, -0.25) is 4.79 Å². The van der Waals surface area contributed by atoms with Crippen LogP contribution in [-0.2, 0) is 17.8 Å². The smallest absolute Gasteiger partial charge is 0.315 e. The summed E-state index contributed by atoms with van der Waals surface area (Å²) in [6.07, 6.45) is 0.112. The first-order valence-corrected chi connectivity index (χ1v) is 14.2. The fourth-order valence-electron chi connectivity index (χ4n) is 5.17. The Bertz CT molecular complexity index is 1920. The van der Waals surface area contributed by atoms with Crippen molar-refractivity contribution in [2.45, 2.75) is 18.9 Å². The molecule has 0 amide bonds. The van der Waals surface area contributed by atoms with Crippen LogP contribution in [0.15, 0.2) is 115 Å². The van der Waals surface area contributed by atoms with Gasteiger partial charge in [0.15, 0.2) is 0 Å². The monoisotopic (exact) mass is 606 g/mol. The highest BCUT2D eigenvalue weighted by Crippen LogP contribution is 2.43. The number of hydrogen-bond donors (Lipinski definition) is 1. The molecule has 0 fully saturated rings. The van der Waals surface area contributed by atoms with Gasteiger partial charge in [-0.2, -0.15) is 5.26 Å². The van der Waals surface area contributed by atoms with Crippen molar-refractivity contribution in [2.75, 3.05) is 0 Å². The van der Waals surface area contributed by atoms with E-state index in [0.717, 1.165) is 33.0 Å². The Kier molecular flexibility index (Phi) is 7.93. The van der Waals surface area contributed by atoms with Crippen LogP contribution in [0.2, 0.25) is 10.0 Å². The molecule has 5 aromatic carbocycles. The van der Waals surface area contributed by atoms with Crippen molar-refractivity contribution in [3.8, 4) is 23.3 Å². The van der Waals surface area contributed by atoms with Crippen molar-refractivity contribution < 1.29 is 19.0 Å². The number of nitriles is 1. The van der Waals surface area contributed by atoms with E-state index in [1.54, 1.807) is 30.3 Å². The molecule has 1 heterocycles. The summed E-state index contributed by atoms with van der Waals surface area (Å²) in [5, 5.41) is 13.1.